The van der Waals surface area contributed by atoms with E-state index >= 15 is 0 Å². The van der Waals surface area contributed by atoms with Crippen molar-refractivity contribution in [1.29, 1.82) is 0 Å². The van der Waals surface area contributed by atoms with Crippen molar-refractivity contribution in [2.75, 3.05) is 4.72 Å². The van der Waals surface area contributed by atoms with Crippen LogP contribution in [0.4, 0.5) is 5.95 Å². The quantitative estimate of drug-likeness (QED) is 0.798. The lowest BCUT2D eigenvalue weighted by atomic mass is 10.4. The number of anilines is 1. The fourth-order valence-corrected chi connectivity index (χ4v) is 2.69. The van der Waals surface area contributed by atoms with E-state index in [1.807, 2.05) is 6.92 Å². The molecule has 0 saturated heterocycles. The van der Waals surface area contributed by atoms with Gasteiger partial charge in [0.2, 0.25) is 0 Å². The number of carbonyl (C=O) groups is 1. The van der Waals surface area contributed by atoms with Crippen LogP contribution in [0.15, 0.2) is 29.6 Å². The molecule has 2 rings (SSSR count). The second kappa shape index (κ2) is 5.87. The van der Waals surface area contributed by atoms with Gasteiger partial charge in [-0.1, -0.05) is 6.92 Å². The Morgan fingerprint density at radius 1 is 1.43 bits per heavy atom. The number of carboxylic acids is 1. The number of aromatic nitrogens is 4. The summed E-state index contributed by atoms with van der Waals surface area (Å²) in [5.41, 5.74) is -0.0932. The van der Waals surface area contributed by atoms with Gasteiger partial charge in [0.25, 0.3) is 16.0 Å². The summed E-state index contributed by atoms with van der Waals surface area (Å²) in [5.74, 6) is -1.37. The van der Waals surface area contributed by atoms with E-state index < -0.39 is 16.0 Å². The molecule has 112 valence electrons. The highest BCUT2D eigenvalue weighted by Crippen LogP contribution is 2.17. The van der Waals surface area contributed by atoms with Gasteiger partial charge in [-0.2, -0.15) is 5.10 Å². The molecule has 21 heavy (non-hydrogen) atoms. The second-order valence-electron chi connectivity index (χ2n) is 4.13. The summed E-state index contributed by atoms with van der Waals surface area (Å²) < 4.78 is 27.9. The van der Waals surface area contributed by atoms with Gasteiger partial charge in [0.1, 0.15) is 10.6 Å². The number of nitrogens with zero attached hydrogens (tertiary/aromatic N) is 4. The maximum absolute atomic E-state index is 12.2. The molecule has 0 aliphatic rings. The Kier molecular flexibility index (Phi) is 4.17. The molecule has 2 aromatic heterocycles. The number of carboxylic acid groups (broad SMARTS) is 1. The Labute approximate surface area is 120 Å². The van der Waals surface area contributed by atoms with Crippen LogP contribution in [0.3, 0.4) is 0 Å². The van der Waals surface area contributed by atoms with E-state index in [2.05, 4.69) is 19.9 Å². The summed E-state index contributed by atoms with van der Waals surface area (Å²) in [5, 5.41) is 16.1. The van der Waals surface area contributed by atoms with Crippen LogP contribution in [0.25, 0.3) is 0 Å². The van der Waals surface area contributed by atoms with Crippen molar-refractivity contribution in [3.63, 3.8) is 0 Å². The SMILES string of the molecule is CCCn1cc(S(=O)(=O)Nc2nccnn2)cc1C(=O)O. The zero-order chi connectivity index (χ0) is 15.5. The van der Waals surface area contributed by atoms with Gasteiger partial charge < -0.3 is 9.67 Å². The lowest BCUT2D eigenvalue weighted by Crippen LogP contribution is -2.14. The summed E-state index contributed by atoms with van der Waals surface area (Å²) >= 11 is 0. The highest BCUT2D eigenvalue weighted by Gasteiger charge is 2.22. The molecule has 2 aromatic rings. The Bertz CT molecular complexity index is 741. The van der Waals surface area contributed by atoms with Crippen LogP contribution < -0.4 is 4.72 Å². The molecule has 0 spiro atoms. The molecule has 0 aliphatic carbocycles. The molecule has 10 heteroatoms. The van der Waals surface area contributed by atoms with Crippen molar-refractivity contribution in [2.45, 2.75) is 24.8 Å². The number of nitrogens with one attached hydrogen (secondary N) is 1. The highest BCUT2D eigenvalue weighted by atomic mass is 32.2. The van der Waals surface area contributed by atoms with E-state index in [4.69, 9.17) is 5.11 Å². The minimum atomic E-state index is -3.97. The lowest BCUT2D eigenvalue weighted by molar-refractivity contribution is 0.0685. The number of aryl methyl sites for hydroxylation is 1. The largest absolute Gasteiger partial charge is 0.477 e. The molecule has 2 N–H and O–H groups in total. The van der Waals surface area contributed by atoms with Gasteiger partial charge in [-0.25, -0.2) is 22.9 Å². The number of sulfonamides is 1. The Morgan fingerprint density at radius 3 is 2.76 bits per heavy atom. The van der Waals surface area contributed by atoms with Gasteiger partial charge in [-0.15, -0.1) is 5.10 Å². The average Bonchev–Trinajstić information content (AvgIpc) is 2.85. The summed E-state index contributed by atoms with van der Waals surface area (Å²) in [6.07, 6.45) is 4.53. The first-order valence-corrected chi connectivity index (χ1v) is 7.52. The second-order valence-corrected chi connectivity index (χ2v) is 5.81. The predicted molar refractivity (Wildman–Crippen MR) is 72.3 cm³/mol. The van der Waals surface area contributed by atoms with Crippen LogP contribution in [-0.2, 0) is 16.6 Å². The van der Waals surface area contributed by atoms with Crippen molar-refractivity contribution < 1.29 is 18.3 Å². The normalized spacial score (nSPS) is 11.3. The third-order valence-corrected chi connectivity index (χ3v) is 3.87. The minimum absolute atomic E-state index is 0.0932. The van der Waals surface area contributed by atoms with Crippen molar-refractivity contribution in [1.82, 2.24) is 19.7 Å². The molecular formula is C11H13N5O4S. The van der Waals surface area contributed by atoms with Crippen LogP contribution in [0.2, 0.25) is 0 Å². The molecule has 0 saturated carbocycles. The smallest absolute Gasteiger partial charge is 0.352 e. The van der Waals surface area contributed by atoms with Gasteiger partial charge >= 0.3 is 5.97 Å². The summed E-state index contributed by atoms with van der Waals surface area (Å²) in [7, 11) is -3.97. The maximum atomic E-state index is 12.2. The van der Waals surface area contributed by atoms with Gasteiger partial charge in [-0.3, -0.25) is 0 Å². The fourth-order valence-electron chi connectivity index (χ4n) is 1.71. The van der Waals surface area contributed by atoms with E-state index in [1.54, 1.807) is 0 Å². The fraction of sp³-hybridized carbons (Fsp3) is 0.273. The monoisotopic (exact) mass is 311 g/mol. The Balaban J connectivity index is 2.36. The molecule has 0 aliphatic heterocycles. The molecule has 9 nitrogen and oxygen atoms in total. The van der Waals surface area contributed by atoms with Crippen LogP contribution in [0, 0.1) is 0 Å². The highest BCUT2D eigenvalue weighted by molar-refractivity contribution is 7.92. The third kappa shape index (κ3) is 3.34. The van der Waals surface area contributed by atoms with E-state index in [-0.39, 0.29) is 16.5 Å². The van der Waals surface area contributed by atoms with E-state index in [0.29, 0.717) is 13.0 Å². The van der Waals surface area contributed by atoms with Gasteiger partial charge in [0.05, 0.1) is 12.4 Å². The minimum Gasteiger partial charge on any atom is -0.477 e. The third-order valence-electron chi connectivity index (χ3n) is 2.57. The van der Waals surface area contributed by atoms with Crippen LogP contribution in [0.1, 0.15) is 23.8 Å². The number of rotatable bonds is 6. The summed E-state index contributed by atoms with van der Waals surface area (Å²) in [6, 6.07) is 1.09. The molecule has 0 fully saturated rings. The molecule has 0 aromatic carbocycles. The van der Waals surface area contributed by atoms with Crippen LogP contribution in [0.5, 0.6) is 0 Å². The first-order chi connectivity index (χ1) is 9.94. The average molecular weight is 311 g/mol. The maximum Gasteiger partial charge on any atom is 0.352 e. The van der Waals surface area contributed by atoms with Crippen LogP contribution >= 0.6 is 0 Å². The molecular weight excluding hydrogens is 298 g/mol. The molecule has 2 heterocycles. The Hall–Kier alpha value is -2.49. The van der Waals surface area contributed by atoms with Crippen molar-refractivity contribution >= 4 is 21.9 Å². The molecule has 0 bridgehead atoms. The molecule has 0 unspecified atom stereocenters. The lowest BCUT2D eigenvalue weighted by Gasteiger charge is -2.03. The summed E-state index contributed by atoms with van der Waals surface area (Å²) in [4.78, 5) is 14.7. The van der Waals surface area contributed by atoms with Crippen LogP contribution in [-0.4, -0.2) is 39.2 Å². The Morgan fingerprint density at radius 2 is 2.19 bits per heavy atom. The molecule has 0 amide bonds. The molecule has 0 radical (unpaired) electrons. The first-order valence-electron chi connectivity index (χ1n) is 6.04. The first kappa shape index (κ1) is 14.9. The van der Waals surface area contributed by atoms with Crippen molar-refractivity contribution in [2.24, 2.45) is 0 Å². The van der Waals surface area contributed by atoms with Gasteiger partial charge in [0.15, 0.2) is 0 Å². The zero-order valence-corrected chi connectivity index (χ0v) is 11.9. The van der Waals surface area contributed by atoms with E-state index in [9.17, 15) is 13.2 Å². The number of hydrogen-bond acceptors (Lipinski definition) is 6. The number of hydrogen-bond donors (Lipinski definition) is 2. The predicted octanol–water partition coefficient (Wildman–Crippen LogP) is 0.582. The topological polar surface area (TPSA) is 127 Å². The molecule has 0 atom stereocenters. The van der Waals surface area contributed by atoms with Crippen molar-refractivity contribution in [3.8, 4) is 0 Å². The number of aromatic carboxylic acids is 1. The summed E-state index contributed by atoms with van der Waals surface area (Å²) in [6.45, 7) is 2.27. The zero-order valence-electron chi connectivity index (χ0n) is 11.1. The van der Waals surface area contributed by atoms with E-state index in [1.165, 1.54) is 23.2 Å². The standard InChI is InChI=1S/C11H13N5O4S/c1-2-5-16-7-8(6-9(16)10(17)18)21(19,20)15-11-12-3-4-13-14-11/h3-4,6-7H,2,5H2,1H3,(H,17,18)(H,12,14,15). The van der Waals surface area contributed by atoms with Gasteiger partial charge in [0, 0.05) is 12.7 Å². The van der Waals surface area contributed by atoms with E-state index in [0.717, 1.165) is 6.07 Å². The van der Waals surface area contributed by atoms with Crippen molar-refractivity contribution in [3.05, 3.63) is 30.4 Å². The van der Waals surface area contributed by atoms with Gasteiger partial charge in [-0.05, 0) is 12.5 Å².